The van der Waals surface area contributed by atoms with Crippen molar-refractivity contribution < 1.29 is 4.79 Å². The summed E-state index contributed by atoms with van der Waals surface area (Å²) in [6, 6.07) is 0. The Labute approximate surface area is 74.4 Å². The summed E-state index contributed by atoms with van der Waals surface area (Å²) in [4.78, 5) is 10.7. The Kier molecular flexibility index (Phi) is 6.07. The van der Waals surface area contributed by atoms with E-state index in [2.05, 4.69) is 12.2 Å². The second-order valence-corrected chi connectivity index (χ2v) is 2.55. The van der Waals surface area contributed by atoms with Crippen LogP contribution in [0.3, 0.4) is 0 Å². The molecule has 0 heterocycles. The molecule has 0 radical (unpaired) electrons. The Morgan fingerprint density at radius 2 is 2.08 bits per heavy atom. The highest BCUT2D eigenvalue weighted by Crippen LogP contribution is 1.93. The number of carbonyl (C=O) groups is 1. The molecule has 0 bridgehead atoms. The normalized spacial score (nSPS) is 12.1. The van der Waals surface area contributed by atoms with E-state index in [1.54, 1.807) is 13.0 Å². The summed E-state index contributed by atoms with van der Waals surface area (Å²) in [6.45, 7) is 6.46. The average molecular weight is 167 g/mol. The van der Waals surface area contributed by atoms with Gasteiger partial charge in [0.15, 0.2) is 5.78 Å². The molecule has 0 aromatic carbocycles. The van der Waals surface area contributed by atoms with Crippen LogP contribution in [-0.2, 0) is 4.79 Å². The fraction of sp³-hybridized carbons (Fsp3) is 0.500. The zero-order chi connectivity index (χ0) is 9.40. The van der Waals surface area contributed by atoms with Gasteiger partial charge in [-0.3, -0.25) is 4.79 Å². The first kappa shape index (κ1) is 11.0. The van der Waals surface area contributed by atoms with Crippen molar-refractivity contribution in [2.75, 3.05) is 6.54 Å². The lowest BCUT2D eigenvalue weighted by Gasteiger charge is -2.01. The van der Waals surface area contributed by atoms with Crippen molar-refractivity contribution in [1.29, 1.82) is 0 Å². The van der Waals surface area contributed by atoms with E-state index < -0.39 is 0 Å². The summed E-state index contributed by atoms with van der Waals surface area (Å²) < 4.78 is 0. The highest BCUT2D eigenvalue weighted by molar-refractivity contribution is 5.88. The standard InChI is InChI=1S/C10H17NO/c1-4-6-7-10(11-5-2)8-9(3)12/h6-8,11H,4-5H2,1-3H3/b7-6-,10-8-. The van der Waals surface area contributed by atoms with E-state index in [1.807, 2.05) is 19.1 Å². The minimum absolute atomic E-state index is 0.0757. The number of nitrogens with one attached hydrogen (secondary N) is 1. The molecule has 2 nitrogen and oxygen atoms in total. The topological polar surface area (TPSA) is 29.1 Å². The van der Waals surface area contributed by atoms with E-state index in [1.165, 1.54) is 0 Å². The van der Waals surface area contributed by atoms with Gasteiger partial charge in [-0.15, -0.1) is 0 Å². The third kappa shape index (κ3) is 5.71. The van der Waals surface area contributed by atoms with Crippen LogP contribution in [0.25, 0.3) is 0 Å². The molecule has 2 heteroatoms. The Morgan fingerprint density at radius 3 is 2.50 bits per heavy atom. The third-order valence-corrected chi connectivity index (χ3v) is 1.27. The van der Waals surface area contributed by atoms with Crippen LogP contribution in [0, 0.1) is 0 Å². The molecule has 0 aliphatic heterocycles. The van der Waals surface area contributed by atoms with Crippen LogP contribution >= 0.6 is 0 Å². The predicted octanol–water partition coefficient (Wildman–Crippen LogP) is 2.04. The quantitative estimate of drug-likeness (QED) is 0.501. The summed E-state index contributed by atoms with van der Waals surface area (Å²) in [7, 11) is 0. The number of ketones is 1. The lowest BCUT2D eigenvalue weighted by atomic mass is 10.3. The molecular formula is C10H17NO. The Morgan fingerprint density at radius 1 is 1.42 bits per heavy atom. The summed E-state index contributed by atoms with van der Waals surface area (Å²) in [5.41, 5.74) is 0.895. The largest absolute Gasteiger partial charge is 0.385 e. The van der Waals surface area contributed by atoms with Crippen LogP contribution in [0.4, 0.5) is 0 Å². The number of carbonyl (C=O) groups excluding carboxylic acids is 1. The fourth-order valence-corrected chi connectivity index (χ4v) is 0.826. The van der Waals surface area contributed by atoms with Gasteiger partial charge in [-0.1, -0.05) is 13.0 Å². The van der Waals surface area contributed by atoms with Gasteiger partial charge in [0.05, 0.1) is 0 Å². The molecule has 1 N–H and O–H groups in total. The molecule has 0 saturated heterocycles. The van der Waals surface area contributed by atoms with Gasteiger partial charge in [-0.05, 0) is 26.3 Å². The molecular weight excluding hydrogens is 150 g/mol. The molecule has 0 aliphatic rings. The van der Waals surface area contributed by atoms with Crippen LogP contribution in [0.15, 0.2) is 23.9 Å². The van der Waals surface area contributed by atoms with Gasteiger partial charge in [0.2, 0.25) is 0 Å². The number of allylic oxidation sites excluding steroid dienone is 3. The van der Waals surface area contributed by atoms with E-state index in [-0.39, 0.29) is 5.78 Å². The second-order valence-electron chi connectivity index (χ2n) is 2.55. The molecule has 0 spiro atoms. The van der Waals surface area contributed by atoms with E-state index in [4.69, 9.17) is 0 Å². The van der Waals surface area contributed by atoms with Crippen molar-refractivity contribution in [3.8, 4) is 0 Å². The second kappa shape index (κ2) is 6.65. The lowest BCUT2D eigenvalue weighted by molar-refractivity contribution is -0.112. The number of hydrogen-bond acceptors (Lipinski definition) is 2. The molecule has 0 aliphatic carbocycles. The van der Waals surface area contributed by atoms with Crippen LogP contribution in [0.5, 0.6) is 0 Å². The Balaban J connectivity index is 4.21. The maximum absolute atomic E-state index is 10.7. The third-order valence-electron chi connectivity index (χ3n) is 1.27. The summed E-state index contributed by atoms with van der Waals surface area (Å²) in [5, 5.41) is 3.10. The molecule has 0 amide bonds. The smallest absolute Gasteiger partial charge is 0.154 e. The van der Waals surface area contributed by atoms with Gasteiger partial charge in [-0.25, -0.2) is 0 Å². The first-order valence-electron chi connectivity index (χ1n) is 4.33. The molecule has 12 heavy (non-hydrogen) atoms. The van der Waals surface area contributed by atoms with E-state index in [0.29, 0.717) is 0 Å². The van der Waals surface area contributed by atoms with E-state index >= 15 is 0 Å². The van der Waals surface area contributed by atoms with Gasteiger partial charge >= 0.3 is 0 Å². The van der Waals surface area contributed by atoms with Crippen LogP contribution in [0.2, 0.25) is 0 Å². The SMILES string of the molecule is CC/C=C\C(=C\C(C)=O)NCC. The molecule has 0 aromatic rings. The maximum Gasteiger partial charge on any atom is 0.154 e. The molecule has 0 atom stereocenters. The number of likely N-dealkylation sites (N-methyl/N-ethyl adjacent to an activating group) is 1. The Bertz CT molecular complexity index is 192. The first-order valence-corrected chi connectivity index (χ1v) is 4.33. The van der Waals surface area contributed by atoms with Crippen molar-refractivity contribution in [2.24, 2.45) is 0 Å². The molecule has 0 rings (SSSR count). The minimum Gasteiger partial charge on any atom is -0.385 e. The van der Waals surface area contributed by atoms with Crippen LogP contribution < -0.4 is 5.32 Å². The molecule has 68 valence electrons. The van der Waals surface area contributed by atoms with Crippen LogP contribution in [0.1, 0.15) is 27.2 Å². The highest BCUT2D eigenvalue weighted by atomic mass is 16.1. The van der Waals surface area contributed by atoms with Crippen molar-refractivity contribution >= 4 is 5.78 Å². The summed E-state index contributed by atoms with van der Waals surface area (Å²) in [6.07, 6.45) is 6.55. The van der Waals surface area contributed by atoms with Crippen molar-refractivity contribution in [2.45, 2.75) is 27.2 Å². The number of hydrogen-bond donors (Lipinski definition) is 1. The van der Waals surface area contributed by atoms with Crippen molar-refractivity contribution in [3.63, 3.8) is 0 Å². The summed E-state index contributed by atoms with van der Waals surface area (Å²) in [5.74, 6) is 0.0757. The highest BCUT2D eigenvalue weighted by Gasteiger charge is 1.90. The number of rotatable bonds is 5. The lowest BCUT2D eigenvalue weighted by Crippen LogP contribution is -2.11. The van der Waals surface area contributed by atoms with Crippen molar-refractivity contribution in [1.82, 2.24) is 5.32 Å². The summed E-state index contributed by atoms with van der Waals surface area (Å²) >= 11 is 0. The maximum atomic E-state index is 10.7. The van der Waals surface area contributed by atoms with Gasteiger partial charge in [0.1, 0.15) is 0 Å². The van der Waals surface area contributed by atoms with E-state index in [9.17, 15) is 4.79 Å². The van der Waals surface area contributed by atoms with Gasteiger partial charge < -0.3 is 5.32 Å². The molecule has 0 unspecified atom stereocenters. The molecule has 0 aromatic heterocycles. The van der Waals surface area contributed by atoms with Crippen molar-refractivity contribution in [3.05, 3.63) is 23.9 Å². The Hall–Kier alpha value is -1.05. The van der Waals surface area contributed by atoms with Gasteiger partial charge in [-0.2, -0.15) is 0 Å². The average Bonchev–Trinajstić information content (AvgIpc) is 2.00. The minimum atomic E-state index is 0.0757. The van der Waals surface area contributed by atoms with Gasteiger partial charge in [0.25, 0.3) is 0 Å². The molecule has 0 saturated carbocycles. The van der Waals surface area contributed by atoms with Crippen LogP contribution in [-0.4, -0.2) is 12.3 Å². The zero-order valence-corrected chi connectivity index (χ0v) is 8.05. The molecule has 0 fully saturated rings. The first-order chi connectivity index (χ1) is 5.70. The van der Waals surface area contributed by atoms with E-state index in [0.717, 1.165) is 18.7 Å². The predicted molar refractivity (Wildman–Crippen MR) is 51.9 cm³/mol. The zero-order valence-electron chi connectivity index (χ0n) is 8.05. The van der Waals surface area contributed by atoms with Gasteiger partial charge in [0, 0.05) is 18.3 Å². The monoisotopic (exact) mass is 167 g/mol. The fourth-order valence-electron chi connectivity index (χ4n) is 0.826.